The van der Waals surface area contributed by atoms with Crippen LogP contribution in [0.3, 0.4) is 0 Å². The molecule has 0 saturated heterocycles. The largest absolute Gasteiger partial charge is 0.726 e. The van der Waals surface area contributed by atoms with Gasteiger partial charge in [0.1, 0.15) is 14.1 Å². The van der Waals surface area contributed by atoms with Gasteiger partial charge >= 0.3 is 0 Å². The van der Waals surface area contributed by atoms with Crippen molar-refractivity contribution < 1.29 is 43.4 Å². The standard InChI is InChI=1S/C50H86ClN2.C46H78ClN2.2CH4O4S/c1-4-6-8-10-12-14-16-18-20-22-24-26-28-30-32-34-42-53(43-35-33-31-29-27-25-23-21-19-17-15-13-11-9-7-5-2)50-39-38-48(46-49(50)51)37-36-47-40-44-52(3)45-41-47;1-4-6-8-10-12-14-16-18-20-22-24-26-28-30-38-49(39-31-29-27-25-23-21-19-17-15-13-11-9-7-5-2)46-35-34-44(42-45(46)47)33-32-43-36-40-48(3)41-37-43;2*1-5-6(2,3)4/h36-41,44-46H,4-35,42-43H2,1-3H3;32-37,40-42H,4-31,38-39H2,1-3H3;2*1H3,(H,2,3,4)/q2*+1;;/p-2. The van der Waals surface area contributed by atoms with Crippen molar-refractivity contribution in [2.24, 2.45) is 14.1 Å². The molecule has 4 aromatic rings. The van der Waals surface area contributed by atoms with Crippen LogP contribution in [0.15, 0.2) is 85.5 Å². The Labute approximate surface area is 713 Å². The zero-order valence-corrected chi connectivity index (χ0v) is 77.4. The molecule has 2 heterocycles. The third kappa shape index (κ3) is 69.0. The number of halogens is 2. The van der Waals surface area contributed by atoms with Crippen LogP contribution >= 0.6 is 23.2 Å². The van der Waals surface area contributed by atoms with E-state index in [9.17, 15) is 25.9 Å². The predicted octanol–water partition coefficient (Wildman–Crippen LogP) is 30.0. The van der Waals surface area contributed by atoms with Gasteiger partial charge in [-0.15, -0.1) is 0 Å². The summed E-state index contributed by atoms with van der Waals surface area (Å²) in [5.74, 6) is 0. The summed E-state index contributed by atoms with van der Waals surface area (Å²) in [6.45, 7) is 13.7. The molecule has 4 rings (SSSR count). The minimum absolute atomic E-state index is 0.808. The van der Waals surface area contributed by atoms with Gasteiger partial charge in [-0.3, -0.25) is 8.37 Å². The molecule has 0 atom stereocenters. The van der Waals surface area contributed by atoms with E-state index in [0.29, 0.717) is 0 Å². The minimum atomic E-state index is -4.41. The average molecular weight is 1670 g/mol. The fourth-order valence-electron chi connectivity index (χ4n) is 14.8. The smallest absolute Gasteiger partial charge is 0.217 e. The van der Waals surface area contributed by atoms with Gasteiger partial charge in [-0.25, -0.2) is 26.0 Å². The molecule has 0 spiro atoms. The van der Waals surface area contributed by atoms with Crippen LogP contribution in [-0.2, 0) is 43.3 Å². The van der Waals surface area contributed by atoms with E-state index in [1.165, 1.54) is 408 Å². The van der Waals surface area contributed by atoms with Crippen molar-refractivity contribution >= 4 is 79.7 Å². The van der Waals surface area contributed by atoms with Crippen molar-refractivity contribution in [2.45, 2.75) is 413 Å². The molecule has 114 heavy (non-hydrogen) atoms. The summed E-state index contributed by atoms with van der Waals surface area (Å²) in [6.07, 6.45) is 102. The Morgan fingerprint density at radius 2 is 0.439 bits per heavy atom. The number of rotatable bonds is 72. The van der Waals surface area contributed by atoms with Gasteiger partial charge in [-0.2, -0.15) is 0 Å². The van der Waals surface area contributed by atoms with Crippen molar-refractivity contribution in [3.63, 3.8) is 0 Å². The zero-order valence-electron chi connectivity index (χ0n) is 74.3. The molecule has 2 aromatic heterocycles. The molecular formula is C98H170Cl2N4O8S2. The highest BCUT2D eigenvalue weighted by atomic mass is 35.5. The Kier molecular flexibility index (Phi) is 73.7. The number of aryl methyl sites for hydroxylation is 2. The first-order valence-electron chi connectivity index (χ1n) is 46.8. The Bertz CT molecular complexity index is 2980. The highest BCUT2D eigenvalue weighted by Crippen LogP contribution is 2.32. The summed E-state index contributed by atoms with van der Waals surface area (Å²) in [5, 5.41) is 1.77. The highest BCUT2D eigenvalue weighted by Gasteiger charge is 2.14. The molecule has 0 amide bonds. The second-order valence-corrected chi connectivity index (χ2v) is 35.7. The molecule has 16 heteroatoms. The monoisotopic (exact) mass is 1670 g/mol. The van der Waals surface area contributed by atoms with E-state index in [1.54, 1.807) is 0 Å². The lowest BCUT2D eigenvalue weighted by atomic mass is 10.0. The molecule has 656 valence electrons. The van der Waals surface area contributed by atoms with Gasteiger partial charge in [0.25, 0.3) is 0 Å². The maximum atomic E-state index is 9.22. The lowest BCUT2D eigenvalue weighted by Gasteiger charge is -2.26. The maximum absolute atomic E-state index is 9.22. The Hall–Kier alpha value is -3.86. The third-order valence-electron chi connectivity index (χ3n) is 22.1. The van der Waals surface area contributed by atoms with Crippen LogP contribution < -0.4 is 18.9 Å². The normalized spacial score (nSPS) is 11.6. The highest BCUT2D eigenvalue weighted by molar-refractivity contribution is 7.81. The van der Waals surface area contributed by atoms with Gasteiger partial charge in [0.15, 0.2) is 24.8 Å². The van der Waals surface area contributed by atoms with Crippen molar-refractivity contribution in [3.8, 4) is 0 Å². The predicted molar refractivity (Wildman–Crippen MR) is 494 cm³/mol. The first-order chi connectivity index (χ1) is 55.4. The van der Waals surface area contributed by atoms with E-state index in [4.69, 9.17) is 23.2 Å². The van der Waals surface area contributed by atoms with Crippen LogP contribution in [0.1, 0.15) is 435 Å². The van der Waals surface area contributed by atoms with Gasteiger partial charge in [0.05, 0.1) is 35.6 Å². The summed E-state index contributed by atoms with van der Waals surface area (Å²) >= 11 is 14.0. The van der Waals surface area contributed by atoms with Crippen LogP contribution in [0.25, 0.3) is 24.3 Å². The maximum Gasteiger partial charge on any atom is 0.217 e. The molecule has 0 fully saturated rings. The summed E-state index contributed by atoms with van der Waals surface area (Å²) in [5.41, 5.74) is 7.17. The second kappa shape index (κ2) is 77.7. The van der Waals surface area contributed by atoms with Crippen LogP contribution in [0, 0.1) is 0 Å². The quantitative estimate of drug-likeness (QED) is 0.0181. The summed E-state index contributed by atoms with van der Waals surface area (Å²) in [7, 11) is -3.10. The van der Waals surface area contributed by atoms with Crippen molar-refractivity contribution in [1.29, 1.82) is 0 Å². The molecule has 0 aliphatic rings. The van der Waals surface area contributed by atoms with Gasteiger partial charge < -0.3 is 18.9 Å². The molecule has 0 unspecified atom stereocenters. The molecule has 0 N–H and O–H groups in total. The average Bonchev–Trinajstić information content (AvgIpc) is 0.848. The van der Waals surface area contributed by atoms with E-state index < -0.39 is 20.8 Å². The van der Waals surface area contributed by atoms with Crippen molar-refractivity contribution in [1.82, 2.24) is 0 Å². The molecule has 2 aromatic carbocycles. The first kappa shape index (κ1) is 108. The van der Waals surface area contributed by atoms with Crippen molar-refractivity contribution in [3.05, 3.63) is 118 Å². The molecule has 0 aliphatic heterocycles. The van der Waals surface area contributed by atoms with Crippen LogP contribution in [0.2, 0.25) is 10.0 Å². The number of benzene rings is 2. The van der Waals surface area contributed by atoms with Crippen LogP contribution in [0.5, 0.6) is 0 Å². The van der Waals surface area contributed by atoms with E-state index in [-0.39, 0.29) is 0 Å². The Balaban J connectivity index is 0.000000996. The fourth-order valence-corrected chi connectivity index (χ4v) is 15.4. The number of unbranched alkanes of at least 4 members (excludes halogenated alkanes) is 56. The summed E-state index contributed by atoms with van der Waals surface area (Å²) in [6, 6.07) is 21.9. The lowest BCUT2D eigenvalue weighted by Crippen LogP contribution is -2.26. The molecule has 0 radical (unpaired) electrons. The van der Waals surface area contributed by atoms with Gasteiger partial charge in [0, 0.05) is 50.4 Å². The summed E-state index contributed by atoms with van der Waals surface area (Å²) in [4.78, 5) is 5.19. The topological polar surface area (TPSA) is 147 Å². The van der Waals surface area contributed by atoms with Crippen molar-refractivity contribution in [2.75, 3.05) is 50.2 Å². The Morgan fingerprint density at radius 3 is 0.596 bits per heavy atom. The molecular weight excluding hydrogens is 1500 g/mol. The number of anilines is 2. The molecule has 12 nitrogen and oxygen atoms in total. The van der Waals surface area contributed by atoms with E-state index in [1.807, 2.05) is 0 Å². The summed E-state index contributed by atoms with van der Waals surface area (Å²) < 4.78 is 66.2. The SMILES string of the molecule is CCCCCCCCCCCCCCCCCCN(CCCCCCCCCCCCCCCCCC)c1ccc(/C=C/c2cc[n+](C)cc2)cc1Cl.CCCCCCCCCCCCCCCCN(CCCCCCCCCCCCCCCC)c1ccc(/C=C/c2cc[n+](C)cc2)cc1Cl.COS(=O)(=O)[O-].COS(=O)(=O)[O-]. The molecule has 0 saturated carbocycles. The first-order valence-corrected chi connectivity index (χ1v) is 50.2. The van der Waals surface area contributed by atoms with Gasteiger partial charge in [-0.1, -0.05) is 447 Å². The minimum Gasteiger partial charge on any atom is -0.726 e. The van der Waals surface area contributed by atoms with Crippen LogP contribution in [0.4, 0.5) is 11.4 Å². The lowest BCUT2D eigenvalue weighted by molar-refractivity contribution is -0.671. The number of aromatic nitrogens is 2. The fraction of sp³-hybridized carbons (Fsp3) is 0.735. The van der Waals surface area contributed by atoms with E-state index in [0.717, 1.165) is 61.6 Å². The number of pyridine rings is 2. The van der Waals surface area contributed by atoms with Crippen LogP contribution in [-0.4, -0.2) is 66.3 Å². The third-order valence-corrected chi connectivity index (χ3v) is 23.5. The second-order valence-electron chi connectivity index (χ2n) is 32.6. The number of hydrogen-bond donors (Lipinski definition) is 0. The van der Waals surface area contributed by atoms with Gasteiger partial charge in [-0.05, 0) is 72.2 Å². The molecule has 0 bridgehead atoms. The van der Waals surface area contributed by atoms with E-state index >= 15 is 0 Å². The van der Waals surface area contributed by atoms with Gasteiger partial charge in [0.2, 0.25) is 20.8 Å². The number of hydrogen-bond acceptors (Lipinski definition) is 10. The zero-order chi connectivity index (χ0) is 83.3. The number of nitrogens with zero attached hydrogens (tertiary/aromatic N) is 4. The van der Waals surface area contributed by atoms with E-state index in [2.05, 4.69) is 179 Å². The Morgan fingerprint density at radius 1 is 0.281 bits per heavy atom. The molecule has 0 aliphatic carbocycles.